The van der Waals surface area contributed by atoms with Crippen molar-refractivity contribution >= 4 is 18.3 Å². The van der Waals surface area contributed by atoms with E-state index in [0.29, 0.717) is 12.2 Å². The normalized spacial score (nSPS) is 36.6. The smallest absolute Gasteiger partial charge is 0.143 e. The van der Waals surface area contributed by atoms with E-state index < -0.39 is 0 Å². The van der Waals surface area contributed by atoms with Crippen molar-refractivity contribution < 1.29 is 4.79 Å². The Bertz CT molecular complexity index is 220. The lowest BCUT2D eigenvalue weighted by molar-refractivity contribution is -0.119. The van der Waals surface area contributed by atoms with E-state index in [0.717, 1.165) is 6.42 Å². The Kier molecular flexibility index (Phi) is 1.16. The number of hydrogen-bond donors (Lipinski definition) is 0. The third-order valence-electron chi connectivity index (χ3n) is 2.04. The zero-order chi connectivity index (χ0) is 6.97. The lowest BCUT2D eigenvalue weighted by atomic mass is 10.0. The van der Waals surface area contributed by atoms with Crippen LogP contribution in [-0.4, -0.2) is 24.4 Å². The van der Waals surface area contributed by atoms with Gasteiger partial charge < -0.3 is 0 Å². The first-order valence-electron chi connectivity index (χ1n) is 3.45. The molecule has 2 atom stereocenters. The summed E-state index contributed by atoms with van der Waals surface area (Å²) < 4.78 is 0. The highest BCUT2D eigenvalue weighted by Crippen LogP contribution is 2.24. The molecule has 3 nitrogen and oxygen atoms in total. The van der Waals surface area contributed by atoms with Crippen LogP contribution in [0.2, 0.25) is 0 Å². The maximum atomic E-state index is 11.0. The molecule has 1 aliphatic carbocycles. The average molecular weight is 136 g/mol. The predicted octanol–water partition coefficient (Wildman–Crippen LogP) is 0.447. The highest BCUT2D eigenvalue weighted by molar-refractivity contribution is 6.00. The lowest BCUT2D eigenvalue weighted by Gasteiger charge is -2.10. The fourth-order valence-corrected chi connectivity index (χ4v) is 1.46. The monoisotopic (exact) mass is 136 g/mol. The maximum Gasteiger partial charge on any atom is 0.143 e. The topological polar surface area (TPSA) is 41.8 Å². The first kappa shape index (κ1) is 5.77. The first-order chi connectivity index (χ1) is 4.88. The fraction of sp³-hybridized carbons (Fsp3) is 0.571. The zero-order valence-electron chi connectivity index (χ0n) is 5.53. The molecule has 2 rings (SSSR count). The van der Waals surface area contributed by atoms with Crippen LogP contribution in [-0.2, 0) is 4.79 Å². The molecule has 3 heteroatoms. The molecule has 0 aromatic heterocycles. The van der Waals surface area contributed by atoms with E-state index in [1.54, 1.807) is 12.6 Å². The molecule has 1 heterocycles. The summed E-state index contributed by atoms with van der Waals surface area (Å²) in [6.07, 6.45) is 4.84. The Morgan fingerprint density at radius 2 is 2.50 bits per heavy atom. The largest absolute Gasteiger partial charge is 0.299 e. The quantitative estimate of drug-likeness (QED) is 0.476. The summed E-state index contributed by atoms with van der Waals surface area (Å²) in [4.78, 5) is 19.0. The predicted molar refractivity (Wildman–Crippen MR) is 38.5 cm³/mol. The summed E-state index contributed by atoms with van der Waals surface area (Å²) in [6.45, 7) is 0. The van der Waals surface area contributed by atoms with Crippen molar-refractivity contribution in [3.63, 3.8) is 0 Å². The van der Waals surface area contributed by atoms with Crippen molar-refractivity contribution in [3.8, 4) is 0 Å². The van der Waals surface area contributed by atoms with Crippen LogP contribution in [0.3, 0.4) is 0 Å². The fourth-order valence-electron chi connectivity index (χ4n) is 1.46. The van der Waals surface area contributed by atoms with Crippen LogP contribution in [0.15, 0.2) is 9.98 Å². The number of nitrogens with zero attached hydrogens (tertiary/aromatic N) is 2. The number of hydrogen-bond acceptors (Lipinski definition) is 3. The van der Waals surface area contributed by atoms with Crippen molar-refractivity contribution in [3.05, 3.63) is 0 Å². The van der Waals surface area contributed by atoms with Gasteiger partial charge in [-0.05, 0) is 6.42 Å². The van der Waals surface area contributed by atoms with Gasteiger partial charge in [0.2, 0.25) is 0 Å². The van der Waals surface area contributed by atoms with Gasteiger partial charge >= 0.3 is 0 Å². The van der Waals surface area contributed by atoms with Gasteiger partial charge in [0.05, 0.1) is 12.0 Å². The molecule has 1 fully saturated rings. The molecule has 1 aliphatic heterocycles. The molecule has 10 heavy (non-hydrogen) atoms. The molecule has 0 spiro atoms. The van der Waals surface area contributed by atoms with E-state index in [4.69, 9.17) is 0 Å². The third kappa shape index (κ3) is 0.701. The third-order valence-corrected chi connectivity index (χ3v) is 2.04. The molecule has 52 valence electrons. The Morgan fingerprint density at radius 3 is 3.30 bits per heavy atom. The van der Waals surface area contributed by atoms with Crippen LogP contribution < -0.4 is 0 Å². The highest BCUT2D eigenvalue weighted by Gasteiger charge is 2.33. The second-order valence-corrected chi connectivity index (χ2v) is 2.66. The second-order valence-electron chi connectivity index (χ2n) is 2.66. The van der Waals surface area contributed by atoms with Crippen LogP contribution in [0.4, 0.5) is 0 Å². The van der Waals surface area contributed by atoms with Gasteiger partial charge in [-0.25, -0.2) is 4.99 Å². The first-order valence-corrected chi connectivity index (χ1v) is 3.45. The summed E-state index contributed by atoms with van der Waals surface area (Å²) in [6, 6.07) is 0.213. The van der Waals surface area contributed by atoms with Crippen LogP contribution in [0, 0.1) is 5.92 Å². The Labute approximate surface area is 58.9 Å². The minimum Gasteiger partial charge on any atom is -0.299 e. The van der Waals surface area contributed by atoms with Crippen LogP contribution in [0.25, 0.3) is 0 Å². The summed E-state index contributed by atoms with van der Waals surface area (Å²) in [5.41, 5.74) is 0. The van der Waals surface area contributed by atoms with Gasteiger partial charge in [0, 0.05) is 12.6 Å². The second kappa shape index (κ2) is 2.01. The summed E-state index contributed by atoms with van der Waals surface area (Å²) >= 11 is 0. The van der Waals surface area contributed by atoms with Gasteiger partial charge in [0.1, 0.15) is 12.1 Å². The summed E-state index contributed by atoms with van der Waals surface area (Å²) in [5, 5.41) is 0. The van der Waals surface area contributed by atoms with Gasteiger partial charge in [-0.2, -0.15) is 0 Å². The minimum atomic E-state index is 0.00463. The van der Waals surface area contributed by atoms with Gasteiger partial charge in [-0.1, -0.05) is 0 Å². The molecule has 0 aromatic carbocycles. The molecule has 0 N–H and O–H groups in total. The van der Waals surface area contributed by atoms with Crippen molar-refractivity contribution in [1.29, 1.82) is 0 Å². The van der Waals surface area contributed by atoms with E-state index in [1.807, 2.05) is 0 Å². The molecule has 1 saturated carbocycles. The standard InChI is InChI=1S/C7H8N2O/c10-7-2-1-6-5(7)3-8-4-9-6/h3-6H,1-2H2/t5-,6+/m0/s1. The Morgan fingerprint density at radius 1 is 1.60 bits per heavy atom. The molecular weight excluding hydrogens is 128 g/mol. The molecule has 0 unspecified atom stereocenters. The van der Waals surface area contributed by atoms with E-state index in [-0.39, 0.29) is 12.0 Å². The highest BCUT2D eigenvalue weighted by atomic mass is 16.1. The molecule has 0 radical (unpaired) electrons. The van der Waals surface area contributed by atoms with Crippen molar-refractivity contribution in [2.75, 3.05) is 0 Å². The SMILES string of the molecule is O=C1CC[C@H]2N=CN=C[C@H]12. The summed E-state index contributed by atoms with van der Waals surface area (Å²) in [5.74, 6) is 0.301. The molecule has 0 amide bonds. The maximum absolute atomic E-state index is 11.0. The number of Topliss-reactive ketones (excluding diaryl/α,β-unsaturated/α-hetero) is 1. The number of ketones is 1. The Balaban J connectivity index is 2.27. The van der Waals surface area contributed by atoms with Gasteiger partial charge in [0.25, 0.3) is 0 Å². The number of carbonyl (C=O) groups is 1. The number of rotatable bonds is 0. The molecule has 0 bridgehead atoms. The zero-order valence-corrected chi connectivity index (χ0v) is 5.53. The van der Waals surface area contributed by atoms with Crippen LogP contribution in [0.5, 0.6) is 0 Å². The number of carbonyl (C=O) groups excluding carboxylic acids is 1. The number of aliphatic imine (C=N–C) groups is 2. The van der Waals surface area contributed by atoms with Gasteiger partial charge in [-0.15, -0.1) is 0 Å². The van der Waals surface area contributed by atoms with E-state index in [9.17, 15) is 4.79 Å². The van der Waals surface area contributed by atoms with Crippen molar-refractivity contribution in [2.24, 2.45) is 15.9 Å². The van der Waals surface area contributed by atoms with Crippen LogP contribution >= 0.6 is 0 Å². The van der Waals surface area contributed by atoms with E-state index in [1.165, 1.54) is 0 Å². The minimum absolute atomic E-state index is 0.00463. The average Bonchev–Trinajstić information content (AvgIpc) is 2.34. The molecule has 0 aromatic rings. The van der Waals surface area contributed by atoms with Crippen molar-refractivity contribution in [2.45, 2.75) is 18.9 Å². The van der Waals surface area contributed by atoms with Gasteiger partial charge in [0.15, 0.2) is 0 Å². The lowest BCUT2D eigenvalue weighted by Crippen LogP contribution is -2.21. The van der Waals surface area contributed by atoms with Crippen LogP contribution in [0.1, 0.15) is 12.8 Å². The summed E-state index contributed by atoms with van der Waals surface area (Å²) in [7, 11) is 0. The van der Waals surface area contributed by atoms with Crippen molar-refractivity contribution in [1.82, 2.24) is 0 Å². The molecular formula is C7H8N2O. The molecule has 0 saturated heterocycles. The number of fused-ring (bicyclic) bond motifs is 1. The Hall–Kier alpha value is -0.990. The molecule has 2 aliphatic rings. The van der Waals surface area contributed by atoms with Gasteiger partial charge in [-0.3, -0.25) is 9.79 Å². The van der Waals surface area contributed by atoms with E-state index >= 15 is 0 Å². The van der Waals surface area contributed by atoms with E-state index in [2.05, 4.69) is 9.98 Å².